The Morgan fingerprint density at radius 1 is 1.08 bits per heavy atom. The fraction of sp³-hybridized carbons (Fsp3) is 0.238. The van der Waals surface area contributed by atoms with Crippen LogP contribution in [0, 0.1) is 6.92 Å². The number of aliphatic hydroxyl groups excluding tert-OH is 1. The lowest BCUT2D eigenvalue weighted by atomic mass is 10.0. The third-order valence-electron chi connectivity index (χ3n) is 4.70. The third-order valence-corrected chi connectivity index (χ3v) is 4.70. The van der Waals surface area contributed by atoms with Crippen molar-refractivity contribution in [2.75, 3.05) is 19.7 Å². The molecule has 2 aromatic rings. The van der Waals surface area contributed by atoms with Crippen molar-refractivity contribution in [1.29, 1.82) is 0 Å². The van der Waals surface area contributed by atoms with Crippen molar-refractivity contribution in [2.24, 2.45) is 0 Å². The summed E-state index contributed by atoms with van der Waals surface area (Å²) >= 11 is 0. The fourth-order valence-corrected chi connectivity index (χ4v) is 3.41. The van der Waals surface area contributed by atoms with Crippen LogP contribution in [0.3, 0.4) is 0 Å². The number of aliphatic hydroxyl groups is 1. The number of nitrogens with zero attached hydrogens (tertiary/aromatic N) is 2. The van der Waals surface area contributed by atoms with Crippen LogP contribution in [-0.2, 0) is 0 Å². The Labute approximate surface area is 146 Å². The molecular formula is C21H21N2O2+. The normalized spacial score (nSPS) is 12.9. The van der Waals surface area contributed by atoms with Gasteiger partial charge >= 0.3 is 0 Å². The molecule has 0 saturated carbocycles. The smallest absolute Gasteiger partial charge is 0.203 e. The molecule has 2 aliphatic rings. The van der Waals surface area contributed by atoms with Crippen LogP contribution in [-0.4, -0.2) is 29.8 Å². The molecule has 0 radical (unpaired) electrons. The van der Waals surface area contributed by atoms with Crippen molar-refractivity contribution in [3.63, 3.8) is 0 Å². The number of rotatable bonds is 3. The summed E-state index contributed by atoms with van der Waals surface area (Å²) in [4.78, 5) is 4.86. The Morgan fingerprint density at radius 3 is 2.64 bits per heavy atom. The molecule has 4 heteroatoms. The molecule has 0 spiro atoms. The van der Waals surface area contributed by atoms with Crippen molar-refractivity contribution in [2.45, 2.75) is 13.8 Å². The summed E-state index contributed by atoms with van der Waals surface area (Å²) in [7, 11) is 0. The van der Waals surface area contributed by atoms with Crippen LogP contribution in [0.1, 0.15) is 12.5 Å². The van der Waals surface area contributed by atoms with E-state index in [1.165, 1.54) is 10.9 Å². The molecule has 1 aliphatic heterocycles. The maximum atomic E-state index is 9.24. The van der Waals surface area contributed by atoms with Crippen molar-refractivity contribution in [1.82, 2.24) is 9.56 Å². The second-order valence-corrected chi connectivity index (χ2v) is 6.25. The number of fused-ring (bicyclic) bond motifs is 4. The van der Waals surface area contributed by atoms with Crippen molar-refractivity contribution in [3.05, 3.63) is 59.5 Å². The van der Waals surface area contributed by atoms with E-state index in [1.54, 1.807) is 0 Å². The Bertz CT molecular complexity index is 1110. The molecule has 1 heterocycles. The molecule has 0 saturated heterocycles. The first-order valence-corrected chi connectivity index (χ1v) is 8.63. The summed E-state index contributed by atoms with van der Waals surface area (Å²) < 4.78 is 8.31. The highest BCUT2D eigenvalue weighted by atomic mass is 16.3. The minimum Gasteiger partial charge on any atom is -0.453 e. The van der Waals surface area contributed by atoms with Gasteiger partial charge in [0.2, 0.25) is 5.36 Å². The van der Waals surface area contributed by atoms with Crippen LogP contribution in [0.15, 0.2) is 52.9 Å². The SMILES string of the molecule is CC[N+](CCO)=c1ccc2nc3c(cc(C)c4ccccc43)oc-2c1. The number of hydrogen-bond donors (Lipinski definition) is 1. The highest BCUT2D eigenvalue weighted by Gasteiger charge is 2.14. The van der Waals surface area contributed by atoms with Gasteiger partial charge in [-0.15, -0.1) is 0 Å². The minimum atomic E-state index is 0.129. The van der Waals surface area contributed by atoms with Gasteiger partial charge in [0.1, 0.15) is 24.4 Å². The highest BCUT2D eigenvalue weighted by Crippen LogP contribution is 2.31. The molecule has 0 fully saturated rings. The summed E-state index contributed by atoms with van der Waals surface area (Å²) in [5.41, 5.74) is 3.71. The van der Waals surface area contributed by atoms with E-state index >= 15 is 0 Å². The molecule has 1 N–H and O–H groups in total. The zero-order valence-corrected chi connectivity index (χ0v) is 14.5. The lowest BCUT2D eigenvalue weighted by Gasteiger charge is -2.10. The van der Waals surface area contributed by atoms with Gasteiger partial charge in [-0.05, 0) is 36.9 Å². The molecule has 4 rings (SSSR count). The van der Waals surface area contributed by atoms with E-state index in [2.05, 4.69) is 36.6 Å². The van der Waals surface area contributed by atoms with Crippen LogP contribution in [0.2, 0.25) is 0 Å². The standard InChI is InChI=1S/C21H21N2O2/c1-3-23(10-11-24)15-8-9-18-19(13-15)25-20-12-14(2)16-6-4-5-7-17(16)21(20)22-18/h4-9,12-13,24H,3,10-11H2,1-2H3/q+1. The molecule has 2 aromatic carbocycles. The number of likely N-dealkylation sites (N-methyl/N-ethyl adjacent to an activating group) is 1. The minimum absolute atomic E-state index is 0.129. The molecule has 0 unspecified atom stereocenters. The Hall–Kier alpha value is -2.72. The van der Waals surface area contributed by atoms with Gasteiger partial charge in [0.25, 0.3) is 0 Å². The molecule has 0 amide bonds. The van der Waals surface area contributed by atoms with Crippen LogP contribution >= 0.6 is 0 Å². The number of aryl methyl sites for hydroxylation is 1. The summed E-state index contributed by atoms with van der Waals surface area (Å²) in [5, 5.41) is 12.6. The van der Waals surface area contributed by atoms with Crippen LogP contribution in [0.25, 0.3) is 33.3 Å². The summed E-state index contributed by atoms with van der Waals surface area (Å²) in [6.45, 7) is 5.73. The largest absolute Gasteiger partial charge is 0.453 e. The lowest BCUT2D eigenvalue weighted by Crippen LogP contribution is -2.32. The van der Waals surface area contributed by atoms with E-state index in [0.717, 1.165) is 39.8 Å². The van der Waals surface area contributed by atoms with Gasteiger partial charge in [0, 0.05) is 11.5 Å². The molecule has 126 valence electrons. The monoisotopic (exact) mass is 333 g/mol. The second-order valence-electron chi connectivity index (χ2n) is 6.25. The third kappa shape index (κ3) is 2.68. The predicted octanol–water partition coefficient (Wildman–Crippen LogP) is 3.18. The quantitative estimate of drug-likeness (QED) is 0.356. The topological polar surface area (TPSA) is 49.3 Å². The highest BCUT2D eigenvalue weighted by molar-refractivity contribution is 6.05. The average Bonchev–Trinajstić information content (AvgIpc) is 2.64. The van der Waals surface area contributed by atoms with E-state index in [4.69, 9.17) is 9.40 Å². The first-order chi connectivity index (χ1) is 12.2. The Balaban J connectivity index is 2.05. The maximum absolute atomic E-state index is 9.24. The van der Waals surface area contributed by atoms with Crippen molar-refractivity contribution in [3.8, 4) is 11.5 Å². The van der Waals surface area contributed by atoms with Gasteiger partial charge in [0.15, 0.2) is 17.9 Å². The van der Waals surface area contributed by atoms with Gasteiger partial charge in [-0.3, -0.25) is 0 Å². The number of hydrogen-bond acceptors (Lipinski definition) is 3. The van der Waals surface area contributed by atoms with E-state index in [1.807, 2.05) is 30.3 Å². The van der Waals surface area contributed by atoms with E-state index in [-0.39, 0.29) is 6.61 Å². The molecule has 4 nitrogen and oxygen atoms in total. The zero-order valence-electron chi connectivity index (χ0n) is 14.5. The molecule has 25 heavy (non-hydrogen) atoms. The Kier molecular flexibility index (Phi) is 3.98. The molecule has 1 aliphatic carbocycles. The second kappa shape index (κ2) is 6.30. The number of aromatic nitrogens is 1. The molecular weight excluding hydrogens is 312 g/mol. The van der Waals surface area contributed by atoms with E-state index < -0.39 is 0 Å². The van der Waals surface area contributed by atoms with E-state index in [0.29, 0.717) is 6.54 Å². The Morgan fingerprint density at radius 2 is 1.88 bits per heavy atom. The molecule has 0 aromatic heterocycles. The lowest BCUT2D eigenvalue weighted by molar-refractivity contribution is 0.282. The van der Waals surface area contributed by atoms with Crippen LogP contribution < -0.4 is 9.93 Å². The summed E-state index contributed by atoms with van der Waals surface area (Å²) in [5.74, 6) is 0.760. The van der Waals surface area contributed by atoms with E-state index in [9.17, 15) is 5.11 Å². The summed E-state index contributed by atoms with van der Waals surface area (Å²) in [6.07, 6.45) is 0. The van der Waals surface area contributed by atoms with Crippen LogP contribution in [0.5, 0.6) is 0 Å². The zero-order chi connectivity index (χ0) is 17.4. The average molecular weight is 333 g/mol. The first kappa shape index (κ1) is 15.8. The van der Waals surface area contributed by atoms with Gasteiger partial charge in [-0.2, -0.15) is 0 Å². The van der Waals surface area contributed by atoms with Crippen LogP contribution in [0.4, 0.5) is 0 Å². The van der Waals surface area contributed by atoms with Gasteiger partial charge in [0.05, 0.1) is 6.07 Å². The van der Waals surface area contributed by atoms with Gasteiger partial charge < -0.3 is 9.52 Å². The first-order valence-electron chi connectivity index (χ1n) is 8.63. The van der Waals surface area contributed by atoms with Crippen molar-refractivity contribution < 1.29 is 9.52 Å². The predicted molar refractivity (Wildman–Crippen MR) is 101 cm³/mol. The van der Waals surface area contributed by atoms with Gasteiger partial charge in [-0.25, -0.2) is 9.56 Å². The van der Waals surface area contributed by atoms with Gasteiger partial charge in [-0.1, -0.05) is 24.3 Å². The number of benzene rings is 3. The fourth-order valence-electron chi connectivity index (χ4n) is 3.41. The molecule has 0 bridgehead atoms. The summed E-state index contributed by atoms with van der Waals surface area (Å²) in [6, 6.07) is 16.4. The molecule has 0 atom stereocenters. The van der Waals surface area contributed by atoms with Crippen molar-refractivity contribution >= 4 is 21.9 Å². The maximum Gasteiger partial charge on any atom is 0.203 e.